The van der Waals surface area contributed by atoms with Crippen molar-refractivity contribution in [3.63, 3.8) is 0 Å². The summed E-state index contributed by atoms with van der Waals surface area (Å²) in [6, 6.07) is 5.69. The lowest BCUT2D eigenvalue weighted by atomic mass is 9.99. The summed E-state index contributed by atoms with van der Waals surface area (Å²) in [5.41, 5.74) is 0.905. The minimum Gasteiger partial charge on any atom is -0.454 e. The van der Waals surface area contributed by atoms with Gasteiger partial charge in [0, 0.05) is 13.1 Å². The Hall–Kier alpha value is -1.26. The van der Waals surface area contributed by atoms with E-state index in [9.17, 15) is 5.11 Å². The fraction of sp³-hybridized carbons (Fsp3) is 0.600. The van der Waals surface area contributed by atoms with Crippen molar-refractivity contribution in [1.29, 1.82) is 0 Å². The second-order valence-electron chi connectivity index (χ2n) is 5.64. The zero-order chi connectivity index (χ0) is 13.2. The standard InChI is InChI=1S/C15H21NO3/c1-11-3-2-6-16(8-11)9-13(17)12-4-5-14-15(7-12)19-10-18-14/h4-5,7,11,13,17H,2-3,6,8-10H2,1H3. The maximum atomic E-state index is 10.4. The summed E-state index contributed by atoms with van der Waals surface area (Å²) in [4.78, 5) is 2.35. The molecule has 4 heteroatoms. The number of benzene rings is 1. The van der Waals surface area contributed by atoms with Crippen LogP contribution < -0.4 is 9.47 Å². The number of β-amino-alcohol motifs (C(OH)–C–C–N with tert-alkyl or cyclic N) is 1. The van der Waals surface area contributed by atoms with E-state index in [-0.39, 0.29) is 6.79 Å². The Morgan fingerprint density at radius 3 is 3.05 bits per heavy atom. The normalized spacial score (nSPS) is 24.4. The van der Waals surface area contributed by atoms with E-state index in [2.05, 4.69) is 11.8 Å². The van der Waals surface area contributed by atoms with E-state index in [1.807, 2.05) is 18.2 Å². The third kappa shape index (κ3) is 2.85. The number of aliphatic hydroxyl groups is 1. The first-order valence-electron chi connectivity index (χ1n) is 7.02. The van der Waals surface area contributed by atoms with Crippen LogP contribution in [0.2, 0.25) is 0 Å². The maximum Gasteiger partial charge on any atom is 0.231 e. The van der Waals surface area contributed by atoms with Crippen LogP contribution in [0.5, 0.6) is 11.5 Å². The molecule has 0 bridgehead atoms. The van der Waals surface area contributed by atoms with Crippen molar-refractivity contribution >= 4 is 0 Å². The van der Waals surface area contributed by atoms with E-state index in [1.165, 1.54) is 12.8 Å². The molecule has 0 aliphatic carbocycles. The van der Waals surface area contributed by atoms with Crippen LogP contribution in [0.25, 0.3) is 0 Å². The van der Waals surface area contributed by atoms with Crippen LogP contribution in [0.1, 0.15) is 31.4 Å². The lowest BCUT2D eigenvalue weighted by molar-refractivity contribution is 0.0874. The summed E-state index contributed by atoms with van der Waals surface area (Å²) in [5, 5.41) is 10.4. The van der Waals surface area contributed by atoms with Gasteiger partial charge < -0.3 is 19.5 Å². The first-order chi connectivity index (χ1) is 9.22. The molecule has 2 aliphatic rings. The van der Waals surface area contributed by atoms with Crippen LogP contribution in [-0.2, 0) is 0 Å². The molecule has 19 heavy (non-hydrogen) atoms. The third-order valence-electron chi connectivity index (χ3n) is 3.95. The Bertz CT molecular complexity index is 449. The minimum absolute atomic E-state index is 0.276. The van der Waals surface area contributed by atoms with Gasteiger partial charge in [0.1, 0.15) is 0 Å². The van der Waals surface area contributed by atoms with Crippen molar-refractivity contribution in [3.8, 4) is 11.5 Å². The molecule has 0 amide bonds. The summed E-state index contributed by atoms with van der Waals surface area (Å²) < 4.78 is 10.6. The number of nitrogens with zero attached hydrogens (tertiary/aromatic N) is 1. The van der Waals surface area contributed by atoms with Gasteiger partial charge in [0.15, 0.2) is 11.5 Å². The molecular weight excluding hydrogens is 242 g/mol. The van der Waals surface area contributed by atoms with Gasteiger partial charge >= 0.3 is 0 Å². The van der Waals surface area contributed by atoms with Crippen LogP contribution in [0.4, 0.5) is 0 Å². The predicted molar refractivity (Wildman–Crippen MR) is 72.4 cm³/mol. The number of rotatable bonds is 3. The molecule has 0 aromatic heterocycles. The molecule has 1 aromatic carbocycles. The smallest absolute Gasteiger partial charge is 0.231 e. The van der Waals surface area contributed by atoms with E-state index in [0.29, 0.717) is 6.54 Å². The highest BCUT2D eigenvalue weighted by Gasteiger charge is 2.21. The van der Waals surface area contributed by atoms with Gasteiger partial charge in [0.2, 0.25) is 6.79 Å². The highest BCUT2D eigenvalue weighted by molar-refractivity contribution is 5.45. The molecule has 1 fully saturated rings. The van der Waals surface area contributed by atoms with Crippen molar-refractivity contribution in [1.82, 2.24) is 4.90 Å². The fourth-order valence-electron chi connectivity index (χ4n) is 2.92. The molecule has 0 saturated carbocycles. The fourth-order valence-corrected chi connectivity index (χ4v) is 2.92. The largest absolute Gasteiger partial charge is 0.454 e. The zero-order valence-corrected chi connectivity index (χ0v) is 11.3. The van der Waals surface area contributed by atoms with Gasteiger partial charge in [0.25, 0.3) is 0 Å². The number of piperidine rings is 1. The number of ether oxygens (including phenoxy) is 2. The van der Waals surface area contributed by atoms with E-state index in [0.717, 1.165) is 36.1 Å². The average molecular weight is 263 g/mol. The second kappa shape index (κ2) is 5.39. The van der Waals surface area contributed by atoms with Gasteiger partial charge in [-0.3, -0.25) is 0 Å². The number of likely N-dealkylation sites (tertiary alicyclic amines) is 1. The third-order valence-corrected chi connectivity index (χ3v) is 3.95. The van der Waals surface area contributed by atoms with Gasteiger partial charge in [-0.2, -0.15) is 0 Å². The summed E-state index contributed by atoms with van der Waals surface area (Å²) in [5.74, 6) is 2.24. The van der Waals surface area contributed by atoms with Crippen molar-refractivity contribution < 1.29 is 14.6 Å². The summed E-state index contributed by atoms with van der Waals surface area (Å²) in [7, 11) is 0. The highest BCUT2D eigenvalue weighted by Crippen LogP contribution is 2.34. The SMILES string of the molecule is CC1CCCN(CC(O)c2ccc3c(c2)OCO3)C1. The molecule has 0 spiro atoms. The molecule has 0 radical (unpaired) electrons. The van der Waals surface area contributed by atoms with Crippen LogP contribution in [0.3, 0.4) is 0 Å². The Balaban J connectivity index is 1.65. The molecule has 2 unspecified atom stereocenters. The molecule has 1 N–H and O–H groups in total. The molecule has 2 atom stereocenters. The van der Waals surface area contributed by atoms with Gasteiger partial charge in [-0.1, -0.05) is 13.0 Å². The number of hydrogen-bond donors (Lipinski definition) is 1. The Morgan fingerprint density at radius 2 is 2.21 bits per heavy atom. The Morgan fingerprint density at radius 1 is 1.37 bits per heavy atom. The molecule has 1 saturated heterocycles. The predicted octanol–water partition coefficient (Wildman–Crippen LogP) is 2.18. The zero-order valence-electron chi connectivity index (χ0n) is 11.3. The van der Waals surface area contributed by atoms with Crippen molar-refractivity contribution in [3.05, 3.63) is 23.8 Å². The van der Waals surface area contributed by atoms with Crippen molar-refractivity contribution in [2.45, 2.75) is 25.9 Å². The quantitative estimate of drug-likeness (QED) is 0.907. The van der Waals surface area contributed by atoms with E-state index < -0.39 is 6.10 Å². The summed E-state index contributed by atoms with van der Waals surface area (Å²) in [6.07, 6.45) is 2.07. The topological polar surface area (TPSA) is 41.9 Å². The first kappa shape index (κ1) is 12.8. The molecule has 3 rings (SSSR count). The van der Waals surface area contributed by atoms with Crippen molar-refractivity contribution in [2.24, 2.45) is 5.92 Å². The number of fused-ring (bicyclic) bond motifs is 1. The molecular formula is C15H21NO3. The molecule has 1 aromatic rings. The van der Waals surface area contributed by atoms with Crippen LogP contribution in [0, 0.1) is 5.92 Å². The summed E-state index contributed by atoms with van der Waals surface area (Å²) >= 11 is 0. The van der Waals surface area contributed by atoms with Gasteiger partial charge in [-0.05, 0) is 43.0 Å². The summed E-state index contributed by atoms with van der Waals surface area (Å²) in [6.45, 7) is 5.43. The number of aliphatic hydroxyl groups excluding tert-OH is 1. The van der Waals surface area contributed by atoms with E-state index in [1.54, 1.807) is 0 Å². The lowest BCUT2D eigenvalue weighted by Crippen LogP contribution is -2.37. The average Bonchev–Trinajstić information content (AvgIpc) is 2.85. The number of hydrogen-bond acceptors (Lipinski definition) is 4. The molecule has 2 aliphatic heterocycles. The first-order valence-corrected chi connectivity index (χ1v) is 7.02. The molecule has 2 heterocycles. The maximum absolute atomic E-state index is 10.4. The molecule has 104 valence electrons. The van der Waals surface area contributed by atoms with Gasteiger partial charge in [0.05, 0.1) is 6.10 Å². The highest BCUT2D eigenvalue weighted by atomic mass is 16.7. The van der Waals surface area contributed by atoms with Crippen LogP contribution in [0.15, 0.2) is 18.2 Å². The van der Waals surface area contributed by atoms with Gasteiger partial charge in [-0.25, -0.2) is 0 Å². The monoisotopic (exact) mass is 263 g/mol. The van der Waals surface area contributed by atoms with Crippen molar-refractivity contribution in [2.75, 3.05) is 26.4 Å². The van der Waals surface area contributed by atoms with Crippen LogP contribution >= 0.6 is 0 Å². The van der Waals surface area contributed by atoms with E-state index >= 15 is 0 Å². The lowest BCUT2D eigenvalue weighted by Gasteiger charge is -2.32. The Labute approximate surface area is 113 Å². The molecule has 4 nitrogen and oxygen atoms in total. The Kier molecular flexibility index (Phi) is 3.62. The van der Waals surface area contributed by atoms with Crippen LogP contribution in [-0.4, -0.2) is 36.4 Å². The van der Waals surface area contributed by atoms with E-state index in [4.69, 9.17) is 9.47 Å². The minimum atomic E-state index is -0.459. The second-order valence-corrected chi connectivity index (χ2v) is 5.64. The van der Waals surface area contributed by atoms with Gasteiger partial charge in [-0.15, -0.1) is 0 Å².